The first kappa shape index (κ1) is 19.6. The summed E-state index contributed by atoms with van der Waals surface area (Å²) < 4.78 is 0. The second-order valence-corrected chi connectivity index (χ2v) is 7.63. The summed E-state index contributed by atoms with van der Waals surface area (Å²) in [5.41, 5.74) is 8.09. The highest BCUT2D eigenvalue weighted by Crippen LogP contribution is 2.30. The van der Waals surface area contributed by atoms with Crippen molar-refractivity contribution in [2.45, 2.75) is 6.04 Å². The molecule has 0 bridgehead atoms. The minimum absolute atomic E-state index is 0.0401. The molecule has 4 rings (SSSR count). The van der Waals surface area contributed by atoms with Crippen LogP contribution in [0.2, 0.25) is 5.02 Å². The molecule has 2 aromatic carbocycles. The number of amides is 1. The third-order valence-corrected chi connectivity index (χ3v) is 5.87. The molecule has 2 heterocycles. The monoisotopic (exact) mass is 415 g/mol. The van der Waals surface area contributed by atoms with E-state index in [2.05, 4.69) is 15.8 Å². The molecule has 2 aliphatic rings. The lowest BCUT2D eigenvalue weighted by Gasteiger charge is -2.38. The van der Waals surface area contributed by atoms with Crippen molar-refractivity contribution in [1.82, 2.24) is 15.8 Å². The fourth-order valence-electron chi connectivity index (χ4n) is 3.96. The summed E-state index contributed by atoms with van der Waals surface area (Å²) in [5.74, 6) is -0.173. The Morgan fingerprint density at radius 2 is 1.76 bits per heavy atom. The smallest absolute Gasteiger partial charge is 0.269 e. The standard InChI is InChI=1S/C20H22ClN5O3/c21-17-3-1-2-4-18(17)24-9-11-25(12-10-24)20(27)16-13-22-23-19(16)14-5-7-15(8-6-14)26(28)29/h1-8,16,19,22-23H,9-13H2. The van der Waals surface area contributed by atoms with Gasteiger partial charge in [-0.25, -0.2) is 5.43 Å². The molecule has 0 saturated carbocycles. The van der Waals surface area contributed by atoms with E-state index in [9.17, 15) is 14.9 Å². The molecule has 0 aliphatic carbocycles. The van der Waals surface area contributed by atoms with Gasteiger partial charge in [-0.05, 0) is 17.7 Å². The van der Waals surface area contributed by atoms with Crippen LogP contribution in [0.1, 0.15) is 11.6 Å². The molecule has 1 amide bonds. The number of hydrogen-bond donors (Lipinski definition) is 2. The molecule has 8 nitrogen and oxygen atoms in total. The Labute approximate surface area is 173 Å². The average molecular weight is 416 g/mol. The molecule has 2 atom stereocenters. The number of halogens is 1. The van der Waals surface area contributed by atoms with Gasteiger partial charge >= 0.3 is 0 Å². The molecule has 152 valence electrons. The number of benzene rings is 2. The lowest BCUT2D eigenvalue weighted by atomic mass is 9.93. The Bertz CT molecular complexity index is 899. The van der Waals surface area contributed by atoms with Gasteiger partial charge in [-0.1, -0.05) is 35.9 Å². The van der Waals surface area contributed by atoms with Crippen LogP contribution in [0.15, 0.2) is 48.5 Å². The summed E-state index contributed by atoms with van der Waals surface area (Å²) in [5, 5.41) is 11.6. The zero-order valence-electron chi connectivity index (χ0n) is 15.8. The predicted octanol–water partition coefficient (Wildman–Crippen LogP) is 2.36. The number of nitro groups is 1. The van der Waals surface area contributed by atoms with Crippen molar-refractivity contribution in [1.29, 1.82) is 0 Å². The molecule has 0 radical (unpaired) electrons. The number of para-hydroxylation sites is 1. The summed E-state index contributed by atoms with van der Waals surface area (Å²) >= 11 is 6.30. The van der Waals surface area contributed by atoms with Gasteiger partial charge in [0.1, 0.15) is 0 Å². The van der Waals surface area contributed by atoms with Crippen molar-refractivity contribution in [3.8, 4) is 0 Å². The van der Waals surface area contributed by atoms with E-state index in [1.54, 1.807) is 12.1 Å². The maximum atomic E-state index is 13.2. The third kappa shape index (κ3) is 4.05. The minimum atomic E-state index is -0.425. The van der Waals surface area contributed by atoms with Gasteiger partial charge in [0, 0.05) is 44.9 Å². The number of piperazine rings is 1. The molecule has 2 N–H and O–H groups in total. The zero-order valence-corrected chi connectivity index (χ0v) is 16.5. The maximum absolute atomic E-state index is 13.2. The molecule has 2 aliphatic heterocycles. The van der Waals surface area contributed by atoms with Crippen LogP contribution in [0.4, 0.5) is 11.4 Å². The molecular formula is C20H22ClN5O3. The molecular weight excluding hydrogens is 394 g/mol. The average Bonchev–Trinajstić information content (AvgIpc) is 3.24. The van der Waals surface area contributed by atoms with E-state index in [0.717, 1.165) is 29.4 Å². The Hall–Kier alpha value is -2.68. The lowest BCUT2D eigenvalue weighted by molar-refractivity contribution is -0.384. The zero-order chi connectivity index (χ0) is 20.4. The van der Waals surface area contributed by atoms with Crippen molar-refractivity contribution in [3.05, 3.63) is 69.2 Å². The number of nitro benzene ring substituents is 1. The van der Waals surface area contributed by atoms with E-state index in [4.69, 9.17) is 11.6 Å². The summed E-state index contributed by atoms with van der Waals surface area (Å²) in [7, 11) is 0. The molecule has 2 unspecified atom stereocenters. The fraction of sp³-hybridized carbons (Fsp3) is 0.350. The molecule has 29 heavy (non-hydrogen) atoms. The number of anilines is 1. The van der Waals surface area contributed by atoms with Gasteiger partial charge in [-0.3, -0.25) is 20.3 Å². The van der Waals surface area contributed by atoms with Crippen molar-refractivity contribution in [2.24, 2.45) is 5.92 Å². The number of hydrogen-bond acceptors (Lipinski definition) is 6. The second-order valence-electron chi connectivity index (χ2n) is 7.22. The van der Waals surface area contributed by atoms with Gasteiger partial charge in [0.05, 0.1) is 27.6 Å². The number of hydrazine groups is 1. The van der Waals surface area contributed by atoms with Crippen LogP contribution < -0.4 is 15.8 Å². The number of carbonyl (C=O) groups is 1. The Balaban J connectivity index is 1.41. The van der Waals surface area contributed by atoms with E-state index < -0.39 is 4.92 Å². The number of nitrogens with one attached hydrogen (secondary N) is 2. The Morgan fingerprint density at radius 1 is 1.07 bits per heavy atom. The summed E-state index contributed by atoms with van der Waals surface area (Å²) in [6, 6.07) is 13.9. The summed E-state index contributed by atoms with van der Waals surface area (Å²) in [6.07, 6.45) is 0. The number of nitrogens with zero attached hydrogens (tertiary/aromatic N) is 3. The number of carbonyl (C=O) groups excluding carboxylic acids is 1. The topological polar surface area (TPSA) is 90.7 Å². The van der Waals surface area contributed by atoms with Gasteiger partial charge in [0.25, 0.3) is 5.69 Å². The normalized spacial score (nSPS) is 22.0. The van der Waals surface area contributed by atoms with E-state index in [1.165, 1.54) is 12.1 Å². The Morgan fingerprint density at radius 3 is 2.41 bits per heavy atom. The molecule has 0 spiro atoms. The van der Waals surface area contributed by atoms with E-state index in [0.29, 0.717) is 19.6 Å². The Kier molecular flexibility index (Phi) is 5.66. The second kappa shape index (κ2) is 8.36. The van der Waals surface area contributed by atoms with Crippen molar-refractivity contribution in [3.63, 3.8) is 0 Å². The van der Waals surface area contributed by atoms with Gasteiger partial charge in [-0.15, -0.1) is 0 Å². The molecule has 2 aromatic rings. The predicted molar refractivity (Wildman–Crippen MR) is 111 cm³/mol. The van der Waals surface area contributed by atoms with Crippen LogP contribution >= 0.6 is 11.6 Å². The van der Waals surface area contributed by atoms with Gasteiger partial charge in [-0.2, -0.15) is 0 Å². The highest BCUT2D eigenvalue weighted by molar-refractivity contribution is 6.33. The minimum Gasteiger partial charge on any atom is -0.367 e. The first-order chi connectivity index (χ1) is 14.0. The highest BCUT2D eigenvalue weighted by Gasteiger charge is 2.37. The number of rotatable bonds is 4. The number of non-ortho nitro benzene ring substituents is 1. The van der Waals surface area contributed by atoms with Crippen LogP contribution in [0.3, 0.4) is 0 Å². The van der Waals surface area contributed by atoms with Crippen molar-refractivity contribution >= 4 is 28.9 Å². The third-order valence-electron chi connectivity index (χ3n) is 5.55. The first-order valence-electron chi connectivity index (χ1n) is 9.55. The molecule has 2 fully saturated rings. The van der Waals surface area contributed by atoms with E-state index >= 15 is 0 Å². The summed E-state index contributed by atoms with van der Waals surface area (Å²) in [6.45, 7) is 3.24. The fourth-order valence-corrected chi connectivity index (χ4v) is 4.21. The molecule has 2 saturated heterocycles. The van der Waals surface area contributed by atoms with Gasteiger partial charge in [0.2, 0.25) is 5.91 Å². The quantitative estimate of drug-likeness (QED) is 0.588. The van der Waals surface area contributed by atoms with Crippen LogP contribution in [-0.2, 0) is 4.79 Å². The first-order valence-corrected chi connectivity index (χ1v) is 9.93. The van der Waals surface area contributed by atoms with Crippen LogP contribution in [0.5, 0.6) is 0 Å². The van der Waals surface area contributed by atoms with Crippen molar-refractivity contribution < 1.29 is 9.72 Å². The van der Waals surface area contributed by atoms with E-state index in [1.807, 2.05) is 29.2 Å². The van der Waals surface area contributed by atoms with Gasteiger partial charge < -0.3 is 9.80 Å². The van der Waals surface area contributed by atoms with E-state index in [-0.39, 0.29) is 23.6 Å². The molecule has 9 heteroatoms. The maximum Gasteiger partial charge on any atom is 0.269 e. The molecule has 0 aromatic heterocycles. The SMILES string of the molecule is O=C(C1CNNC1c1ccc([N+](=O)[O-])cc1)N1CCN(c2ccccc2Cl)CC1. The van der Waals surface area contributed by atoms with Crippen LogP contribution in [0, 0.1) is 16.0 Å². The van der Waals surface area contributed by atoms with Crippen LogP contribution in [0.25, 0.3) is 0 Å². The highest BCUT2D eigenvalue weighted by atomic mass is 35.5. The van der Waals surface area contributed by atoms with Crippen molar-refractivity contribution in [2.75, 3.05) is 37.6 Å². The largest absolute Gasteiger partial charge is 0.367 e. The summed E-state index contributed by atoms with van der Waals surface area (Å²) in [4.78, 5) is 27.7. The van der Waals surface area contributed by atoms with Crippen LogP contribution in [-0.4, -0.2) is 48.5 Å². The lowest BCUT2D eigenvalue weighted by Crippen LogP contribution is -2.51. The van der Waals surface area contributed by atoms with Gasteiger partial charge in [0.15, 0.2) is 0 Å².